The average molecular weight is 299 g/mol. The van der Waals surface area contributed by atoms with Gasteiger partial charge < -0.3 is 19.1 Å². The Labute approximate surface area is 118 Å². The molecule has 0 N–H and O–H groups in total. The van der Waals surface area contributed by atoms with Crippen LogP contribution >= 0.6 is 0 Å². The molecule has 1 atom stereocenters. The van der Waals surface area contributed by atoms with Gasteiger partial charge in [-0.25, -0.2) is 0 Å². The van der Waals surface area contributed by atoms with Crippen molar-refractivity contribution in [1.82, 2.24) is 0 Å². The van der Waals surface area contributed by atoms with Crippen molar-refractivity contribution in [2.75, 3.05) is 18.6 Å². The Morgan fingerprint density at radius 3 is 2.90 bits per heavy atom. The molecule has 0 aliphatic carbocycles. The van der Waals surface area contributed by atoms with E-state index in [-0.39, 0.29) is 36.1 Å². The molecule has 0 spiro atoms. The summed E-state index contributed by atoms with van der Waals surface area (Å²) in [5, 5.41) is 0. The average Bonchev–Trinajstić information content (AvgIpc) is 2.95. The molecule has 2 aliphatic heterocycles. The van der Waals surface area contributed by atoms with Crippen molar-refractivity contribution < 1.29 is 32.6 Å². The van der Waals surface area contributed by atoms with Crippen LogP contribution in [0.25, 0.3) is 0 Å². The Morgan fingerprint density at radius 1 is 1.43 bits per heavy atom. The molecule has 0 saturated carbocycles. The molecule has 2 heterocycles. The van der Waals surface area contributed by atoms with Gasteiger partial charge >= 0.3 is 12.3 Å². The molecule has 3 rings (SSSR count). The molecule has 2 aliphatic rings. The first kappa shape index (κ1) is 13.6. The van der Waals surface area contributed by atoms with Crippen LogP contribution in [0.1, 0.15) is 6.42 Å². The van der Waals surface area contributed by atoms with E-state index in [2.05, 4.69) is 14.2 Å². The predicted octanol–water partition coefficient (Wildman–Crippen LogP) is 1.53. The highest BCUT2D eigenvalue weighted by molar-refractivity contribution is 6.01. The van der Waals surface area contributed by atoms with Crippen molar-refractivity contribution in [3.05, 3.63) is 18.2 Å². The highest BCUT2D eigenvalue weighted by Crippen LogP contribution is 2.48. The van der Waals surface area contributed by atoms with Crippen molar-refractivity contribution >= 4 is 17.6 Å². The standard InChI is InChI=1S/C13H11F2NO5/c1-19-12(18)7-5-10(17)16(6-7)8-3-2-4-9-11(8)21-13(14,15)20-9/h2-4,7H,5-6H2,1H3. The first-order valence-corrected chi connectivity index (χ1v) is 6.18. The van der Waals surface area contributed by atoms with E-state index in [1.54, 1.807) is 0 Å². The van der Waals surface area contributed by atoms with E-state index < -0.39 is 18.2 Å². The number of esters is 1. The number of amides is 1. The minimum atomic E-state index is -3.76. The number of para-hydroxylation sites is 1. The SMILES string of the molecule is COC(=O)C1CC(=O)N(c2cccc3c2OC(F)(F)O3)C1. The summed E-state index contributed by atoms with van der Waals surface area (Å²) in [5.74, 6) is -1.85. The molecular formula is C13H11F2NO5. The normalized spacial score (nSPS) is 22.5. The van der Waals surface area contributed by atoms with E-state index in [4.69, 9.17) is 0 Å². The number of ether oxygens (including phenoxy) is 3. The monoisotopic (exact) mass is 299 g/mol. The molecule has 0 radical (unpaired) electrons. The fourth-order valence-electron chi connectivity index (χ4n) is 2.43. The van der Waals surface area contributed by atoms with Crippen LogP contribution in [0.5, 0.6) is 11.5 Å². The summed E-state index contributed by atoms with van der Waals surface area (Å²) in [6.07, 6.45) is -3.80. The maximum Gasteiger partial charge on any atom is 0.586 e. The van der Waals surface area contributed by atoms with Gasteiger partial charge in [0.25, 0.3) is 0 Å². The van der Waals surface area contributed by atoms with E-state index in [1.807, 2.05) is 0 Å². The summed E-state index contributed by atoms with van der Waals surface area (Å²) in [5.41, 5.74) is 0.154. The summed E-state index contributed by atoms with van der Waals surface area (Å²) < 4.78 is 39.7. The van der Waals surface area contributed by atoms with Crippen LogP contribution in [0.4, 0.5) is 14.5 Å². The molecule has 1 aromatic rings. The fraction of sp³-hybridized carbons (Fsp3) is 0.385. The summed E-state index contributed by atoms with van der Waals surface area (Å²) in [6.45, 7) is 0.0525. The Balaban J connectivity index is 1.91. The Morgan fingerprint density at radius 2 is 2.19 bits per heavy atom. The van der Waals surface area contributed by atoms with E-state index in [0.29, 0.717) is 0 Å². The van der Waals surface area contributed by atoms with Gasteiger partial charge in [-0.05, 0) is 12.1 Å². The van der Waals surface area contributed by atoms with Gasteiger partial charge in [0.05, 0.1) is 18.7 Å². The summed E-state index contributed by atoms with van der Waals surface area (Å²) in [4.78, 5) is 24.7. The molecule has 1 aromatic carbocycles. The minimum Gasteiger partial charge on any atom is -0.469 e. The number of carbonyl (C=O) groups excluding carboxylic acids is 2. The highest BCUT2D eigenvalue weighted by Gasteiger charge is 2.46. The van der Waals surface area contributed by atoms with Crippen LogP contribution in [0.2, 0.25) is 0 Å². The van der Waals surface area contributed by atoms with Gasteiger partial charge in [-0.15, -0.1) is 8.78 Å². The van der Waals surface area contributed by atoms with Crippen LogP contribution in [0, 0.1) is 5.92 Å². The topological polar surface area (TPSA) is 65.1 Å². The fourth-order valence-corrected chi connectivity index (χ4v) is 2.43. The van der Waals surface area contributed by atoms with Gasteiger partial charge in [-0.2, -0.15) is 0 Å². The number of halogens is 2. The van der Waals surface area contributed by atoms with Crippen molar-refractivity contribution in [2.45, 2.75) is 12.7 Å². The second kappa shape index (κ2) is 4.57. The van der Waals surface area contributed by atoms with Crippen molar-refractivity contribution in [3.8, 4) is 11.5 Å². The number of rotatable bonds is 2. The molecule has 0 aromatic heterocycles. The molecule has 1 fully saturated rings. The number of hydrogen-bond acceptors (Lipinski definition) is 5. The number of nitrogens with zero attached hydrogens (tertiary/aromatic N) is 1. The molecule has 21 heavy (non-hydrogen) atoms. The number of methoxy groups -OCH3 is 1. The molecule has 6 nitrogen and oxygen atoms in total. The molecular weight excluding hydrogens is 288 g/mol. The first-order chi connectivity index (χ1) is 9.91. The molecule has 1 unspecified atom stereocenters. The molecule has 112 valence electrons. The third-order valence-corrected chi connectivity index (χ3v) is 3.36. The number of anilines is 1. The smallest absolute Gasteiger partial charge is 0.469 e. The second-order valence-corrected chi connectivity index (χ2v) is 4.70. The first-order valence-electron chi connectivity index (χ1n) is 6.18. The predicted molar refractivity (Wildman–Crippen MR) is 65.1 cm³/mol. The number of hydrogen-bond donors (Lipinski definition) is 0. The van der Waals surface area contributed by atoms with Crippen LogP contribution < -0.4 is 14.4 Å². The van der Waals surface area contributed by atoms with Gasteiger partial charge in [-0.3, -0.25) is 9.59 Å². The van der Waals surface area contributed by atoms with Crippen molar-refractivity contribution in [1.29, 1.82) is 0 Å². The summed E-state index contributed by atoms with van der Waals surface area (Å²) in [6, 6.07) is 4.25. The highest BCUT2D eigenvalue weighted by atomic mass is 19.3. The van der Waals surface area contributed by atoms with Gasteiger partial charge in [0.15, 0.2) is 11.5 Å². The Hall–Kier alpha value is -2.38. The summed E-state index contributed by atoms with van der Waals surface area (Å²) >= 11 is 0. The molecule has 0 bridgehead atoms. The van der Waals surface area contributed by atoms with E-state index in [9.17, 15) is 18.4 Å². The van der Waals surface area contributed by atoms with Crippen molar-refractivity contribution in [3.63, 3.8) is 0 Å². The van der Waals surface area contributed by atoms with Crippen LogP contribution in [-0.2, 0) is 14.3 Å². The lowest BCUT2D eigenvalue weighted by Crippen LogP contribution is -2.28. The number of carbonyl (C=O) groups is 2. The van der Waals surface area contributed by atoms with Crippen LogP contribution in [0.15, 0.2) is 18.2 Å². The lowest BCUT2D eigenvalue weighted by atomic mass is 10.1. The second-order valence-electron chi connectivity index (χ2n) is 4.70. The maximum atomic E-state index is 13.1. The van der Waals surface area contributed by atoms with Gasteiger partial charge in [0, 0.05) is 13.0 Å². The van der Waals surface area contributed by atoms with E-state index in [0.717, 1.165) is 0 Å². The zero-order valence-electron chi connectivity index (χ0n) is 11.0. The summed E-state index contributed by atoms with van der Waals surface area (Å²) in [7, 11) is 1.23. The van der Waals surface area contributed by atoms with Crippen LogP contribution in [0.3, 0.4) is 0 Å². The quantitative estimate of drug-likeness (QED) is 0.775. The number of alkyl halides is 2. The minimum absolute atomic E-state index is 0.0341. The Kier molecular flexibility index (Phi) is 2.96. The van der Waals surface area contributed by atoms with Gasteiger partial charge in [0.2, 0.25) is 5.91 Å². The van der Waals surface area contributed by atoms with Crippen molar-refractivity contribution in [2.24, 2.45) is 5.92 Å². The van der Waals surface area contributed by atoms with Gasteiger partial charge in [0.1, 0.15) is 0 Å². The van der Waals surface area contributed by atoms with Gasteiger partial charge in [-0.1, -0.05) is 6.07 Å². The lowest BCUT2D eigenvalue weighted by Gasteiger charge is -2.18. The third kappa shape index (κ3) is 2.26. The maximum absolute atomic E-state index is 13.1. The van der Waals surface area contributed by atoms with E-state index in [1.165, 1.54) is 30.2 Å². The Bertz CT molecular complexity index is 619. The number of fused-ring (bicyclic) bond motifs is 1. The molecule has 8 heteroatoms. The lowest BCUT2D eigenvalue weighted by molar-refractivity contribution is -0.286. The number of benzene rings is 1. The molecule has 1 saturated heterocycles. The largest absolute Gasteiger partial charge is 0.586 e. The third-order valence-electron chi connectivity index (χ3n) is 3.36. The van der Waals surface area contributed by atoms with Crippen LogP contribution in [-0.4, -0.2) is 31.8 Å². The molecule has 1 amide bonds. The zero-order chi connectivity index (χ0) is 15.2. The van der Waals surface area contributed by atoms with E-state index >= 15 is 0 Å². The zero-order valence-corrected chi connectivity index (χ0v) is 11.0.